The number of nitrogens with one attached hydrogen (secondary N) is 1. The summed E-state index contributed by atoms with van der Waals surface area (Å²) in [5.74, 6) is 0.315. The molecule has 1 heterocycles. The fourth-order valence-corrected chi connectivity index (χ4v) is 1.01. The summed E-state index contributed by atoms with van der Waals surface area (Å²) in [6.07, 6.45) is 0.619. The maximum atomic E-state index is 9.73. The first-order valence-corrected chi connectivity index (χ1v) is 4.94. The average molecular weight is 232 g/mol. The predicted octanol–water partition coefficient (Wildman–Crippen LogP) is 0.680. The van der Waals surface area contributed by atoms with Crippen LogP contribution in [0.2, 0.25) is 5.28 Å². The summed E-state index contributed by atoms with van der Waals surface area (Å²) < 4.78 is 0. The molecule has 0 aliphatic rings. The van der Waals surface area contributed by atoms with E-state index in [4.69, 9.17) is 17.3 Å². The first kappa shape index (κ1) is 11.9. The Morgan fingerprint density at radius 1 is 1.47 bits per heavy atom. The first-order chi connectivity index (χ1) is 6.93. The van der Waals surface area contributed by atoms with Gasteiger partial charge in [-0.05, 0) is 24.9 Å². The summed E-state index contributed by atoms with van der Waals surface area (Å²) in [5, 5.41) is 12.6. The van der Waals surface area contributed by atoms with Gasteiger partial charge in [0.05, 0.1) is 5.60 Å². The number of halogens is 1. The van der Waals surface area contributed by atoms with Crippen molar-refractivity contribution < 1.29 is 5.11 Å². The second-order valence-corrected chi connectivity index (χ2v) is 3.83. The van der Waals surface area contributed by atoms with Gasteiger partial charge in [0.15, 0.2) is 0 Å². The minimum Gasteiger partial charge on any atom is -0.388 e. The Hall–Kier alpha value is -1.14. The Kier molecular flexibility index (Phi) is 3.65. The Bertz CT molecular complexity index is 324. The van der Waals surface area contributed by atoms with Crippen molar-refractivity contribution in [1.82, 2.24) is 15.0 Å². The van der Waals surface area contributed by atoms with Gasteiger partial charge in [-0.25, -0.2) is 0 Å². The van der Waals surface area contributed by atoms with Crippen LogP contribution in [0.1, 0.15) is 20.3 Å². The largest absolute Gasteiger partial charge is 0.388 e. The maximum Gasteiger partial charge on any atom is 0.228 e. The minimum absolute atomic E-state index is 0.0288. The van der Waals surface area contributed by atoms with Gasteiger partial charge in [0.25, 0.3) is 0 Å². The third-order valence-electron chi connectivity index (χ3n) is 2.01. The number of aliphatic hydroxyl groups is 1. The third-order valence-corrected chi connectivity index (χ3v) is 2.18. The monoisotopic (exact) mass is 231 g/mol. The van der Waals surface area contributed by atoms with E-state index in [1.807, 2.05) is 6.92 Å². The molecule has 0 aliphatic heterocycles. The second-order valence-electron chi connectivity index (χ2n) is 3.49. The Balaban J connectivity index is 2.65. The number of nitrogens with two attached hydrogens (primary N) is 1. The highest BCUT2D eigenvalue weighted by Crippen LogP contribution is 2.11. The molecule has 0 saturated carbocycles. The highest BCUT2D eigenvalue weighted by Gasteiger charge is 2.17. The van der Waals surface area contributed by atoms with Crippen LogP contribution in [0.4, 0.5) is 11.9 Å². The van der Waals surface area contributed by atoms with Crippen molar-refractivity contribution in [2.45, 2.75) is 25.9 Å². The van der Waals surface area contributed by atoms with Crippen molar-refractivity contribution in [1.29, 1.82) is 0 Å². The molecule has 1 atom stereocenters. The van der Waals surface area contributed by atoms with Crippen LogP contribution in [0, 0.1) is 0 Å². The Labute approximate surface area is 92.9 Å². The number of anilines is 2. The third kappa shape index (κ3) is 3.85. The smallest absolute Gasteiger partial charge is 0.228 e. The lowest BCUT2D eigenvalue weighted by Gasteiger charge is -2.21. The average Bonchev–Trinajstić information content (AvgIpc) is 2.14. The van der Waals surface area contributed by atoms with Crippen molar-refractivity contribution in [3.63, 3.8) is 0 Å². The molecule has 0 spiro atoms. The van der Waals surface area contributed by atoms with Crippen LogP contribution in [-0.2, 0) is 0 Å². The summed E-state index contributed by atoms with van der Waals surface area (Å²) in [4.78, 5) is 11.2. The SMILES string of the molecule is CCC(C)(O)CNc1nc(N)nc(Cl)n1. The molecule has 4 N–H and O–H groups in total. The number of nitrogens with zero attached hydrogens (tertiary/aromatic N) is 3. The number of hydrogen-bond acceptors (Lipinski definition) is 6. The molecule has 1 aromatic rings. The highest BCUT2D eigenvalue weighted by atomic mass is 35.5. The van der Waals surface area contributed by atoms with Gasteiger partial charge in [-0.2, -0.15) is 15.0 Å². The lowest BCUT2D eigenvalue weighted by atomic mass is 10.0. The molecule has 0 aromatic carbocycles. The van der Waals surface area contributed by atoms with E-state index in [0.29, 0.717) is 13.0 Å². The number of aromatic nitrogens is 3. The zero-order chi connectivity index (χ0) is 11.5. The fourth-order valence-electron chi connectivity index (χ4n) is 0.839. The highest BCUT2D eigenvalue weighted by molar-refractivity contribution is 6.28. The van der Waals surface area contributed by atoms with E-state index in [1.54, 1.807) is 6.92 Å². The summed E-state index contributed by atoms with van der Waals surface area (Å²) in [5.41, 5.74) is 4.57. The first-order valence-electron chi connectivity index (χ1n) is 4.56. The summed E-state index contributed by atoms with van der Waals surface area (Å²) in [7, 11) is 0. The molecular weight excluding hydrogens is 218 g/mol. The number of hydrogen-bond donors (Lipinski definition) is 3. The lowest BCUT2D eigenvalue weighted by molar-refractivity contribution is 0.0695. The van der Waals surface area contributed by atoms with Crippen LogP contribution in [0.3, 0.4) is 0 Å². The van der Waals surface area contributed by atoms with E-state index < -0.39 is 5.60 Å². The molecule has 1 unspecified atom stereocenters. The van der Waals surface area contributed by atoms with Gasteiger partial charge in [0.2, 0.25) is 17.2 Å². The quantitative estimate of drug-likeness (QED) is 0.705. The molecule has 0 amide bonds. The van der Waals surface area contributed by atoms with Crippen molar-refractivity contribution in [2.75, 3.05) is 17.6 Å². The zero-order valence-electron chi connectivity index (χ0n) is 8.66. The standard InChI is InChI=1S/C8H14ClN5O/c1-3-8(2,15)4-11-7-13-5(9)12-6(10)14-7/h15H,3-4H2,1-2H3,(H3,10,11,12,13,14). The van der Waals surface area contributed by atoms with Crippen LogP contribution < -0.4 is 11.1 Å². The summed E-state index contributed by atoms with van der Waals surface area (Å²) in [6, 6.07) is 0. The van der Waals surface area contributed by atoms with Crippen molar-refractivity contribution in [3.05, 3.63) is 5.28 Å². The van der Waals surface area contributed by atoms with Gasteiger partial charge in [0.1, 0.15) is 0 Å². The lowest BCUT2D eigenvalue weighted by Crippen LogP contribution is -2.33. The molecule has 0 saturated heterocycles. The van der Waals surface area contributed by atoms with Gasteiger partial charge in [-0.15, -0.1) is 0 Å². The number of nitrogen functional groups attached to an aromatic ring is 1. The van der Waals surface area contributed by atoms with Gasteiger partial charge in [0, 0.05) is 6.54 Å². The van der Waals surface area contributed by atoms with Crippen molar-refractivity contribution >= 4 is 23.5 Å². The summed E-state index contributed by atoms with van der Waals surface area (Å²) >= 11 is 5.59. The van der Waals surface area contributed by atoms with Crippen LogP contribution in [-0.4, -0.2) is 32.2 Å². The molecule has 6 nitrogen and oxygen atoms in total. The Morgan fingerprint density at radius 3 is 2.67 bits per heavy atom. The van der Waals surface area contributed by atoms with Crippen molar-refractivity contribution in [3.8, 4) is 0 Å². The van der Waals surface area contributed by atoms with Crippen molar-refractivity contribution in [2.24, 2.45) is 0 Å². The zero-order valence-corrected chi connectivity index (χ0v) is 9.41. The molecule has 0 bridgehead atoms. The van der Waals surface area contributed by atoms with Gasteiger partial charge in [-0.1, -0.05) is 6.92 Å². The molecule has 7 heteroatoms. The molecule has 0 fully saturated rings. The molecule has 0 aliphatic carbocycles. The molecule has 84 valence electrons. The van der Waals surface area contributed by atoms with Gasteiger partial charge >= 0.3 is 0 Å². The van der Waals surface area contributed by atoms with Crippen LogP contribution in [0.15, 0.2) is 0 Å². The van der Waals surface area contributed by atoms with E-state index in [-0.39, 0.29) is 17.2 Å². The van der Waals surface area contributed by atoms with Gasteiger partial charge < -0.3 is 16.2 Å². The molecule has 15 heavy (non-hydrogen) atoms. The number of rotatable bonds is 4. The maximum absolute atomic E-state index is 9.73. The minimum atomic E-state index is -0.812. The van der Waals surface area contributed by atoms with E-state index in [2.05, 4.69) is 20.3 Å². The second kappa shape index (κ2) is 4.59. The van der Waals surface area contributed by atoms with E-state index in [0.717, 1.165) is 0 Å². The van der Waals surface area contributed by atoms with Crippen LogP contribution in [0.25, 0.3) is 0 Å². The summed E-state index contributed by atoms with van der Waals surface area (Å²) in [6.45, 7) is 3.92. The van der Waals surface area contributed by atoms with Crippen LogP contribution in [0.5, 0.6) is 0 Å². The predicted molar refractivity (Wildman–Crippen MR) is 58.7 cm³/mol. The van der Waals surface area contributed by atoms with E-state index in [1.165, 1.54) is 0 Å². The molecule has 0 radical (unpaired) electrons. The topological polar surface area (TPSA) is 97.0 Å². The Morgan fingerprint density at radius 2 is 2.13 bits per heavy atom. The molecule has 1 rings (SSSR count). The van der Waals surface area contributed by atoms with E-state index in [9.17, 15) is 5.11 Å². The van der Waals surface area contributed by atoms with E-state index >= 15 is 0 Å². The van der Waals surface area contributed by atoms with Crippen LogP contribution >= 0.6 is 11.6 Å². The normalized spacial score (nSPS) is 14.7. The van der Waals surface area contributed by atoms with Gasteiger partial charge in [-0.3, -0.25) is 0 Å². The fraction of sp³-hybridized carbons (Fsp3) is 0.625. The molecule has 1 aromatic heterocycles. The molecular formula is C8H14ClN5O.